The van der Waals surface area contributed by atoms with E-state index in [0.717, 1.165) is 10.0 Å². The second-order valence-electron chi connectivity index (χ2n) is 5.03. The molecule has 116 valence electrons. The molecule has 1 fully saturated rings. The van der Waals surface area contributed by atoms with Crippen LogP contribution in [0, 0.1) is 12.8 Å². The number of nitrogens with zero attached hydrogens (tertiary/aromatic N) is 1. The average Bonchev–Trinajstić information content (AvgIpc) is 2.44. The van der Waals surface area contributed by atoms with Crippen molar-refractivity contribution in [1.82, 2.24) is 4.31 Å². The molecule has 0 unspecified atom stereocenters. The number of benzene rings is 1. The molecule has 0 amide bonds. The van der Waals surface area contributed by atoms with Gasteiger partial charge in [-0.3, -0.25) is 9.52 Å². The van der Waals surface area contributed by atoms with E-state index in [1.54, 1.807) is 12.1 Å². The summed E-state index contributed by atoms with van der Waals surface area (Å²) in [5, 5.41) is 8.94. The van der Waals surface area contributed by atoms with Crippen molar-refractivity contribution in [2.75, 3.05) is 17.8 Å². The highest BCUT2D eigenvalue weighted by Crippen LogP contribution is 2.26. The Morgan fingerprint density at radius 1 is 1.38 bits per heavy atom. The van der Waals surface area contributed by atoms with Crippen LogP contribution >= 0.6 is 15.9 Å². The third-order valence-electron chi connectivity index (χ3n) is 3.65. The summed E-state index contributed by atoms with van der Waals surface area (Å²) in [7, 11) is -3.66. The van der Waals surface area contributed by atoms with Crippen molar-refractivity contribution in [2.45, 2.75) is 19.8 Å². The van der Waals surface area contributed by atoms with Gasteiger partial charge in [0, 0.05) is 17.6 Å². The normalized spacial score (nSPS) is 17.6. The van der Waals surface area contributed by atoms with Gasteiger partial charge in [-0.15, -0.1) is 0 Å². The predicted octanol–water partition coefficient (Wildman–Crippen LogP) is 2.21. The van der Waals surface area contributed by atoms with Crippen molar-refractivity contribution in [3.63, 3.8) is 0 Å². The molecule has 0 saturated carbocycles. The zero-order valence-corrected chi connectivity index (χ0v) is 13.9. The van der Waals surface area contributed by atoms with Gasteiger partial charge in [0.1, 0.15) is 0 Å². The smallest absolute Gasteiger partial charge is 0.306 e. The number of halogens is 1. The number of carboxylic acids is 1. The Morgan fingerprint density at radius 3 is 2.57 bits per heavy atom. The molecule has 0 spiro atoms. The molecule has 0 radical (unpaired) electrons. The standard InChI is InChI=1S/C13H17BrN2O4S/c1-9-11(14)3-2-4-12(9)15-21(19,20)16-7-5-10(6-8-16)13(17)18/h2-4,10,15H,5-8H2,1H3,(H,17,18). The lowest BCUT2D eigenvalue weighted by molar-refractivity contribution is -0.142. The Labute approximate surface area is 132 Å². The third-order valence-corrected chi connectivity index (χ3v) is 6.03. The van der Waals surface area contributed by atoms with Gasteiger partial charge in [-0.1, -0.05) is 22.0 Å². The van der Waals surface area contributed by atoms with Crippen LogP contribution in [0.5, 0.6) is 0 Å². The van der Waals surface area contributed by atoms with Crippen LogP contribution in [0.4, 0.5) is 5.69 Å². The van der Waals surface area contributed by atoms with Gasteiger partial charge in [-0.05, 0) is 37.5 Å². The SMILES string of the molecule is Cc1c(Br)cccc1NS(=O)(=O)N1CCC(C(=O)O)CC1. The van der Waals surface area contributed by atoms with Crippen molar-refractivity contribution in [2.24, 2.45) is 5.92 Å². The minimum absolute atomic E-state index is 0.222. The Bertz CT molecular complexity index is 640. The summed E-state index contributed by atoms with van der Waals surface area (Å²) in [6, 6.07) is 5.29. The van der Waals surface area contributed by atoms with Crippen LogP contribution in [-0.2, 0) is 15.0 Å². The summed E-state index contributed by atoms with van der Waals surface area (Å²) in [6.07, 6.45) is 0.682. The first-order valence-electron chi connectivity index (χ1n) is 6.57. The number of carbonyl (C=O) groups is 1. The second kappa shape index (κ2) is 6.33. The maximum absolute atomic E-state index is 12.3. The molecule has 0 aromatic heterocycles. The summed E-state index contributed by atoms with van der Waals surface area (Å²) >= 11 is 3.36. The maximum atomic E-state index is 12.3. The van der Waals surface area contributed by atoms with Crippen LogP contribution in [0.25, 0.3) is 0 Å². The first kappa shape index (κ1) is 16.3. The lowest BCUT2D eigenvalue weighted by Crippen LogP contribution is -2.43. The van der Waals surface area contributed by atoms with E-state index >= 15 is 0 Å². The first-order valence-corrected chi connectivity index (χ1v) is 8.80. The summed E-state index contributed by atoms with van der Waals surface area (Å²) < 4.78 is 29.4. The predicted molar refractivity (Wildman–Crippen MR) is 83.4 cm³/mol. The molecule has 0 atom stereocenters. The van der Waals surface area contributed by atoms with Crippen molar-refractivity contribution < 1.29 is 18.3 Å². The Balaban J connectivity index is 2.09. The van der Waals surface area contributed by atoms with Gasteiger partial charge in [-0.2, -0.15) is 12.7 Å². The lowest BCUT2D eigenvalue weighted by Gasteiger charge is -2.29. The lowest BCUT2D eigenvalue weighted by atomic mass is 9.99. The number of anilines is 1. The highest BCUT2D eigenvalue weighted by molar-refractivity contribution is 9.10. The molecule has 1 aromatic rings. The van der Waals surface area contributed by atoms with E-state index in [2.05, 4.69) is 20.7 Å². The van der Waals surface area contributed by atoms with Crippen molar-refractivity contribution in [1.29, 1.82) is 0 Å². The van der Waals surface area contributed by atoms with Gasteiger partial charge in [0.2, 0.25) is 0 Å². The summed E-state index contributed by atoms with van der Waals surface area (Å²) in [5.41, 5.74) is 1.33. The first-order chi connectivity index (χ1) is 9.81. The van der Waals surface area contributed by atoms with Crippen molar-refractivity contribution in [3.8, 4) is 0 Å². The van der Waals surface area contributed by atoms with E-state index in [9.17, 15) is 13.2 Å². The second-order valence-corrected chi connectivity index (χ2v) is 7.56. The summed E-state index contributed by atoms with van der Waals surface area (Å²) in [5.74, 6) is -1.31. The number of aliphatic carboxylic acids is 1. The van der Waals surface area contributed by atoms with E-state index in [1.165, 1.54) is 4.31 Å². The van der Waals surface area contributed by atoms with E-state index in [0.29, 0.717) is 18.5 Å². The molecule has 0 bridgehead atoms. The van der Waals surface area contributed by atoms with Gasteiger partial charge >= 0.3 is 16.2 Å². The molecule has 6 nitrogen and oxygen atoms in total. The van der Waals surface area contributed by atoms with Crippen LogP contribution in [0.2, 0.25) is 0 Å². The Kier molecular flexibility index (Phi) is 4.90. The fourth-order valence-electron chi connectivity index (χ4n) is 2.26. The van der Waals surface area contributed by atoms with Crippen molar-refractivity contribution in [3.05, 3.63) is 28.2 Å². The molecule has 21 heavy (non-hydrogen) atoms. The topological polar surface area (TPSA) is 86.7 Å². The fraction of sp³-hybridized carbons (Fsp3) is 0.462. The molecular weight excluding hydrogens is 360 g/mol. The average molecular weight is 377 g/mol. The number of rotatable bonds is 4. The van der Waals surface area contributed by atoms with Gasteiger partial charge < -0.3 is 5.11 Å². The van der Waals surface area contributed by atoms with Crippen LogP contribution in [0.3, 0.4) is 0 Å². The van der Waals surface area contributed by atoms with Crippen LogP contribution < -0.4 is 4.72 Å². The van der Waals surface area contributed by atoms with Gasteiger partial charge in [0.05, 0.1) is 11.6 Å². The van der Waals surface area contributed by atoms with Gasteiger partial charge in [-0.25, -0.2) is 0 Å². The molecule has 1 aromatic carbocycles. The van der Waals surface area contributed by atoms with Crippen LogP contribution in [-0.4, -0.2) is 36.9 Å². The number of hydrogen-bond donors (Lipinski definition) is 2. The van der Waals surface area contributed by atoms with Crippen molar-refractivity contribution >= 4 is 37.8 Å². The molecule has 1 heterocycles. The Morgan fingerprint density at radius 2 is 2.00 bits per heavy atom. The number of piperidine rings is 1. The van der Waals surface area contributed by atoms with Crippen LogP contribution in [0.1, 0.15) is 18.4 Å². The molecule has 2 rings (SSSR count). The molecule has 1 aliphatic heterocycles. The van der Waals surface area contributed by atoms with E-state index in [-0.39, 0.29) is 13.1 Å². The summed E-state index contributed by atoms with van der Waals surface area (Å²) in [6.45, 7) is 2.26. The molecule has 2 N–H and O–H groups in total. The molecule has 1 aliphatic rings. The highest BCUT2D eigenvalue weighted by Gasteiger charge is 2.31. The third kappa shape index (κ3) is 3.75. The maximum Gasteiger partial charge on any atom is 0.306 e. The van der Waals surface area contributed by atoms with E-state index < -0.39 is 22.1 Å². The quantitative estimate of drug-likeness (QED) is 0.843. The fourth-order valence-corrected chi connectivity index (χ4v) is 3.95. The minimum atomic E-state index is -3.66. The number of hydrogen-bond acceptors (Lipinski definition) is 3. The number of carboxylic acid groups (broad SMARTS) is 1. The highest BCUT2D eigenvalue weighted by atomic mass is 79.9. The van der Waals surface area contributed by atoms with E-state index in [4.69, 9.17) is 5.11 Å². The zero-order chi connectivity index (χ0) is 15.6. The molecule has 0 aliphatic carbocycles. The monoisotopic (exact) mass is 376 g/mol. The van der Waals surface area contributed by atoms with E-state index in [1.807, 2.05) is 13.0 Å². The molecule has 1 saturated heterocycles. The largest absolute Gasteiger partial charge is 0.481 e. The van der Waals surface area contributed by atoms with Gasteiger partial charge in [0.15, 0.2) is 0 Å². The number of nitrogens with one attached hydrogen (secondary N) is 1. The zero-order valence-electron chi connectivity index (χ0n) is 11.5. The Hall–Kier alpha value is -1.12. The minimum Gasteiger partial charge on any atom is -0.481 e. The van der Waals surface area contributed by atoms with Gasteiger partial charge in [0.25, 0.3) is 0 Å². The molecule has 8 heteroatoms. The van der Waals surface area contributed by atoms with Crippen LogP contribution in [0.15, 0.2) is 22.7 Å². The molecular formula is C13H17BrN2O4S. The summed E-state index contributed by atoms with van der Waals surface area (Å²) in [4.78, 5) is 10.9.